The molecule has 2 aromatic rings. The summed E-state index contributed by atoms with van der Waals surface area (Å²) in [6, 6.07) is 15.3. The number of likely N-dealkylation sites (tertiary alicyclic amines) is 2. The van der Waals surface area contributed by atoms with Crippen molar-refractivity contribution < 1.29 is 9.59 Å². The van der Waals surface area contributed by atoms with E-state index in [4.69, 9.17) is 0 Å². The Labute approximate surface area is 202 Å². The Balaban J connectivity index is 1.14. The molecule has 0 N–H and O–H groups in total. The number of fused-ring (bicyclic) bond motifs is 1. The summed E-state index contributed by atoms with van der Waals surface area (Å²) in [6.07, 6.45) is 9.63. The number of amides is 2. The minimum Gasteiger partial charge on any atom is -0.339 e. The molecule has 1 atom stereocenters. The SMILES string of the molecule is O=C(c1ccc(-c2ccc3c(c2)CCN([C@H]2CCN(C4CCCC4)C2)C3=O)cc1)N1CCCC1. The van der Waals surface area contributed by atoms with Crippen molar-refractivity contribution in [1.82, 2.24) is 14.7 Å². The lowest BCUT2D eigenvalue weighted by molar-refractivity contribution is 0.0658. The van der Waals surface area contributed by atoms with E-state index in [1.54, 1.807) is 0 Å². The summed E-state index contributed by atoms with van der Waals surface area (Å²) in [5.41, 5.74) is 5.00. The van der Waals surface area contributed by atoms with Crippen LogP contribution in [0.4, 0.5) is 0 Å². The van der Waals surface area contributed by atoms with Crippen LogP contribution < -0.4 is 0 Å². The van der Waals surface area contributed by atoms with Crippen LogP contribution in [0.5, 0.6) is 0 Å². The lowest BCUT2D eigenvalue weighted by Gasteiger charge is -2.34. The van der Waals surface area contributed by atoms with Crippen molar-refractivity contribution in [3.05, 3.63) is 59.2 Å². The van der Waals surface area contributed by atoms with Crippen LogP contribution in [0.1, 0.15) is 71.2 Å². The van der Waals surface area contributed by atoms with Gasteiger partial charge in [-0.3, -0.25) is 14.5 Å². The average molecular weight is 458 g/mol. The number of carbonyl (C=O) groups is 2. The number of hydrogen-bond acceptors (Lipinski definition) is 3. The summed E-state index contributed by atoms with van der Waals surface area (Å²) in [4.78, 5) is 32.8. The van der Waals surface area contributed by atoms with E-state index >= 15 is 0 Å². The highest BCUT2D eigenvalue weighted by Crippen LogP contribution is 2.32. The van der Waals surface area contributed by atoms with E-state index in [1.807, 2.05) is 35.2 Å². The molecule has 2 amide bonds. The summed E-state index contributed by atoms with van der Waals surface area (Å²) in [5, 5.41) is 0. The molecule has 0 radical (unpaired) electrons. The summed E-state index contributed by atoms with van der Waals surface area (Å²) < 4.78 is 0. The van der Waals surface area contributed by atoms with Gasteiger partial charge in [0, 0.05) is 55.9 Å². The van der Waals surface area contributed by atoms with Gasteiger partial charge in [-0.15, -0.1) is 0 Å². The fourth-order valence-corrected chi connectivity index (χ4v) is 6.57. The van der Waals surface area contributed by atoms with Gasteiger partial charge in [0.15, 0.2) is 0 Å². The molecule has 0 spiro atoms. The molecular weight excluding hydrogens is 422 g/mol. The Bertz CT molecular complexity index is 1070. The molecular formula is C29H35N3O2. The maximum absolute atomic E-state index is 13.4. The van der Waals surface area contributed by atoms with E-state index < -0.39 is 0 Å². The summed E-state index contributed by atoms with van der Waals surface area (Å²) >= 11 is 0. The van der Waals surface area contributed by atoms with Gasteiger partial charge in [0.1, 0.15) is 0 Å². The average Bonchev–Trinajstić information content (AvgIpc) is 3.66. The van der Waals surface area contributed by atoms with Crippen molar-refractivity contribution in [2.24, 2.45) is 0 Å². The van der Waals surface area contributed by atoms with E-state index in [9.17, 15) is 9.59 Å². The second kappa shape index (κ2) is 9.18. The topological polar surface area (TPSA) is 43.9 Å². The second-order valence-corrected chi connectivity index (χ2v) is 10.6. The Kier molecular flexibility index (Phi) is 5.90. The van der Waals surface area contributed by atoms with Crippen molar-refractivity contribution in [2.75, 3.05) is 32.7 Å². The zero-order chi connectivity index (χ0) is 23.1. The first-order chi connectivity index (χ1) is 16.7. The van der Waals surface area contributed by atoms with Crippen LogP contribution in [0.15, 0.2) is 42.5 Å². The first-order valence-electron chi connectivity index (χ1n) is 13.2. The van der Waals surface area contributed by atoms with Crippen molar-refractivity contribution in [2.45, 2.75) is 63.5 Å². The van der Waals surface area contributed by atoms with Crippen LogP contribution >= 0.6 is 0 Å². The maximum atomic E-state index is 13.4. The van der Waals surface area contributed by atoms with E-state index in [1.165, 1.54) is 25.7 Å². The Hall–Kier alpha value is -2.66. The molecule has 1 aliphatic carbocycles. The monoisotopic (exact) mass is 457 g/mol. The van der Waals surface area contributed by atoms with Gasteiger partial charge in [-0.1, -0.05) is 37.1 Å². The molecule has 2 aromatic carbocycles. The Morgan fingerprint density at radius 3 is 2.26 bits per heavy atom. The molecule has 34 heavy (non-hydrogen) atoms. The highest BCUT2D eigenvalue weighted by Gasteiger charge is 2.36. The molecule has 4 aliphatic rings. The molecule has 5 nitrogen and oxygen atoms in total. The van der Waals surface area contributed by atoms with Crippen molar-refractivity contribution in [1.29, 1.82) is 0 Å². The predicted molar refractivity (Wildman–Crippen MR) is 134 cm³/mol. The molecule has 0 bridgehead atoms. The predicted octanol–water partition coefficient (Wildman–Crippen LogP) is 4.60. The lowest BCUT2D eigenvalue weighted by atomic mass is 9.93. The summed E-state index contributed by atoms with van der Waals surface area (Å²) in [6.45, 7) is 4.75. The first kappa shape index (κ1) is 21.8. The quantitative estimate of drug-likeness (QED) is 0.674. The van der Waals surface area contributed by atoms with E-state index in [0.717, 1.165) is 92.3 Å². The molecule has 3 aliphatic heterocycles. The maximum Gasteiger partial charge on any atom is 0.254 e. The van der Waals surface area contributed by atoms with Gasteiger partial charge < -0.3 is 9.80 Å². The molecule has 0 unspecified atom stereocenters. The summed E-state index contributed by atoms with van der Waals surface area (Å²) in [5.74, 6) is 0.344. The van der Waals surface area contributed by atoms with E-state index in [-0.39, 0.29) is 11.8 Å². The third-order valence-corrected chi connectivity index (χ3v) is 8.55. The Morgan fingerprint density at radius 2 is 1.50 bits per heavy atom. The van der Waals surface area contributed by atoms with Crippen molar-refractivity contribution >= 4 is 11.8 Å². The molecule has 3 heterocycles. The molecule has 1 saturated carbocycles. The van der Waals surface area contributed by atoms with E-state index in [0.29, 0.717) is 6.04 Å². The smallest absolute Gasteiger partial charge is 0.254 e. The van der Waals surface area contributed by atoms with Gasteiger partial charge in [0.25, 0.3) is 11.8 Å². The van der Waals surface area contributed by atoms with Crippen LogP contribution in [0.25, 0.3) is 11.1 Å². The van der Waals surface area contributed by atoms with Crippen LogP contribution in [0.3, 0.4) is 0 Å². The zero-order valence-corrected chi connectivity index (χ0v) is 20.0. The highest BCUT2D eigenvalue weighted by atomic mass is 16.2. The molecule has 6 rings (SSSR count). The third-order valence-electron chi connectivity index (χ3n) is 8.55. The van der Waals surface area contributed by atoms with Gasteiger partial charge in [0.05, 0.1) is 0 Å². The van der Waals surface area contributed by atoms with Crippen LogP contribution in [0, 0.1) is 0 Å². The second-order valence-electron chi connectivity index (χ2n) is 10.6. The largest absolute Gasteiger partial charge is 0.339 e. The molecule has 2 saturated heterocycles. The van der Waals surface area contributed by atoms with Gasteiger partial charge in [-0.25, -0.2) is 0 Å². The first-order valence-corrected chi connectivity index (χ1v) is 13.2. The minimum atomic E-state index is 0.138. The van der Waals surface area contributed by atoms with Gasteiger partial charge in [-0.2, -0.15) is 0 Å². The van der Waals surface area contributed by atoms with Gasteiger partial charge in [0.2, 0.25) is 0 Å². The summed E-state index contributed by atoms with van der Waals surface area (Å²) in [7, 11) is 0. The van der Waals surface area contributed by atoms with Crippen LogP contribution in [-0.4, -0.2) is 71.3 Å². The number of nitrogens with zero attached hydrogens (tertiary/aromatic N) is 3. The molecule has 178 valence electrons. The zero-order valence-electron chi connectivity index (χ0n) is 20.0. The number of carbonyl (C=O) groups excluding carboxylic acids is 2. The lowest BCUT2D eigenvalue weighted by Crippen LogP contribution is -2.46. The molecule has 0 aromatic heterocycles. The van der Waals surface area contributed by atoms with Gasteiger partial charge in [-0.05, 0) is 73.4 Å². The normalized spacial score (nSPS) is 23.6. The molecule has 5 heteroatoms. The van der Waals surface area contributed by atoms with Crippen molar-refractivity contribution in [3.8, 4) is 11.1 Å². The fraction of sp³-hybridized carbons (Fsp3) is 0.517. The van der Waals surface area contributed by atoms with Crippen molar-refractivity contribution in [3.63, 3.8) is 0 Å². The Morgan fingerprint density at radius 1 is 0.765 bits per heavy atom. The number of hydrogen-bond donors (Lipinski definition) is 0. The fourth-order valence-electron chi connectivity index (χ4n) is 6.57. The molecule has 3 fully saturated rings. The van der Waals surface area contributed by atoms with Gasteiger partial charge >= 0.3 is 0 Å². The standard InChI is InChI=1S/C29H35N3O2/c33-28(30-15-3-4-16-30)22-9-7-21(8-10-22)23-11-12-27-24(19-23)13-18-32(29(27)34)26-14-17-31(20-26)25-5-1-2-6-25/h7-12,19,25-26H,1-6,13-18,20H2/t26-/m0/s1. The number of rotatable bonds is 4. The van der Waals surface area contributed by atoms with Crippen LogP contribution in [0.2, 0.25) is 0 Å². The van der Waals surface area contributed by atoms with E-state index in [2.05, 4.69) is 21.9 Å². The highest BCUT2D eigenvalue weighted by molar-refractivity contribution is 5.98. The number of benzene rings is 2. The van der Waals surface area contributed by atoms with Crippen LogP contribution in [-0.2, 0) is 6.42 Å². The third kappa shape index (κ3) is 4.04. The minimum absolute atomic E-state index is 0.138.